The monoisotopic (exact) mass is 287 g/mol. The number of rotatable bonds is 5. The lowest BCUT2D eigenvalue weighted by molar-refractivity contribution is 0.578. The summed E-state index contributed by atoms with van der Waals surface area (Å²) in [7, 11) is -3.49. The van der Waals surface area contributed by atoms with Crippen LogP contribution in [0, 0.1) is 0 Å². The van der Waals surface area contributed by atoms with Crippen LogP contribution in [-0.2, 0) is 22.3 Å². The first kappa shape index (κ1) is 12.9. The number of aromatic nitrogens is 4. The number of nitrogens with one attached hydrogen (secondary N) is 2. The molecule has 1 aromatic carbocycles. The van der Waals surface area contributed by atoms with Gasteiger partial charge in [0, 0.05) is 5.02 Å². The van der Waals surface area contributed by atoms with E-state index >= 15 is 0 Å². The Labute approximate surface area is 109 Å². The number of nitrogens with zero attached hydrogens (tertiary/aromatic N) is 3. The van der Waals surface area contributed by atoms with Crippen molar-refractivity contribution >= 4 is 21.6 Å². The number of halogens is 1. The van der Waals surface area contributed by atoms with E-state index in [0.717, 1.165) is 0 Å². The van der Waals surface area contributed by atoms with E-state index in [4.69, 9.17) is 11.6 Å². The van der Waals surface area contributed by atoms with Gasteiger partial charge in [-0.05, 0) is 11.6 Å². The van der Waals surface area contributed by atoms with Gasteiger partial charge in [-0.3, -0.25) is 0 Å². The smallest absolute Gasteiger partial charge is 0.212 e. The van der Waals surface area contributed by atoms with Crippen LogP contribution in [0.25, 0.3) is 0 Å². The van der Waals surface area contributed by atoms with Crippen LogP contribution in [0.5, 0.6) is 0 Å². The average Bonchev–Trinajstić information content (AvgIpc) is 2.83. The maximum absolute atomic E-state index is 11.8. The van der Waals surface area contributed by atoms with Crippen molar-refractivity contribution in [1.82, 2.24) is 25.3 Å². The third-order valence-electron chi connectivity index (χ3n) is 2.14. The maximum Gasteiger partial charge on any atom is 0.216 e. The third kappa shape index (κ3) is 3.49. The van der Waals surface area contributed by atoms with E-state index in [1.165, 1.54) is 0 Å². The summed E-state index contributed by atoms with van der Waals surface area (Å²) in [4.78, 5) is 0. The molecule has 0 unspecified atom stereocenters. The topological polar surface area (TPSA) is 101 Å². The van der Waals surface area contributed by atoms with Gasteiger partial charge < -0.3 is 0 Å². The lowest BCUT2D eigenvalue weighted by Crippen LogP contribution is -2.25. The predicted molar refractivity (Wildman–Crippen MR) is 65.1 cm³/mol. The van der Waals surface area contributed by atoms with Crippen LogP contribution in [0.1, 0.15) is 11.4 Å². The molecule has 9 heteroatoms. The van der Waals surface area contributed by atoms with Gasteiger partial charge in [-0.25, -0.2) is 13.1 Å². The van der Waals surface area contributed by atoms with E-state index in [1.54, 1.807) is 24.3 Å². The van der Waals surface area contributed by atoms with Gasteiger partial charge >= 0.3 is 0 Å². The highest BCUT2D eigenvalue weighted by Gasteiger charge is 2.14. The molecule has 2 aromatic rings. The molecule has 0 radical (unpaired) electrons. The highest BCUT2D eigenvalue weighted by molar-refractivity contribution is 7.88. The van der Waals surface area contributed by atoms with Crippen LogP contribution >= 0.6 is 11.6 Å². The van der Waals surface area contributed by atoms with Crippen molar-refractivity contribution in [2.24, 2.45) is 0 Å². The van der Waals surface area contributed by atoms with Crippen molar-refractivity contribution in [3.63, 3.8) is 0 Å². The number of sulfonamides is 1. The Morgan fingerprint density at radius 3 is 2.78 bits per heavy atom. The van der Waals surface area contributed by atoms with Gasteiger partial charge in [-0.15, -0.1) is 10.2 Å². The molecule has 2 N–H and O–H groups in total. The Bertz CT molecular complexity index is 614. The second-order valence-electron chi connectivity index (χ2n) is 3.50. The zero-order valence-electron chi connectivity index (χ0n) is 9.17. The predicted octanol–water partition coefficient (Wildman–Crippen LogP) is 0.473. The fourth-order valence-corrected chi connectivity index (χ4v) is 2.70. The summed E-state index contributed by atoms with van der Waals surface area (Å²) < 4.78 is 25.9. The summed E-state index contributed by atoms with van der Waals surface area (Å²) in [6, 6.07) is 6.78. The number of tetrazole rings is 1. The third-order valence-corrected chi connectivity index (χ3v) is 3.79. The molecule has 0 aliphatic carbocycles. The Kier molecular flexibility index (Phi) is 3.90. The molecule has 0 fully saturated rings. The van der Waals surface area contributed by atoms with Gasteiger partial charge in [0.05, 0.1) is 12.3 Å². The molecule has 0 aliphatic rings. The number of aromatic amines is 1. The van der Waals surface area contributed by atoms with E-state index in [1.807, 2.05) is 0 Å². The first-order chi connectivity index (χ1) is 8.57. The first-order valence-corrected chi connectivity index (χ1v) is 7.03. The highest BCUT2D eigenvalue weighted by Crippen LogP contribution is 2.17. The summed E-state index contributed by atoms with van der Waals surface area (Å²) in [5.74, 6) is 0.0857. The van der Waals surface area contributed by atoms with Gasteiger partial charge in [0.1, 0.15) is 0 Å². The van der Waals surface area contributed by atoms with Crippen molar-refractivity contribution in [2.75, 3.05) is 0 Å². The van der Waals surface area contributed by atoms with Gasteiger partial charge in [-0.2, -0.15) is 5.21 Å². The molecule has 0 saturated heterocycles. The Morgan fingerprint density at radius 1 is 1.33 bits per heavy atom. The molecule has 2 rings (SSSR count). The minimum Gasteiger partial charge on any atom is -0.212 e. The molecule has 1 heterocycles. The van der Waals surface area contributed by atoms with Crippen LogP contribution in [0.2, 0.25) is 5.02 Å². The van der Waals surface area contributed by atoms with Gasteiger partial charge in [0.15, 0.2) is 5.82 Å². The zero-order valence-corrected chi connectivity index (χ0v) is 10.7. The summed E-state index contributed by atoms with van der Waals surface area (Å²) in [6.45, 7) is -0.0106. The number of hydrogen-bond donors (Lipinski definition) is 2. The minimum atomic E-state index is -3.49. The summed E-state index contributed by atoms with van der Waals surface area (Å²) >= 11 is 5.90. The largest absolute Gasteiger partial charge is 0.216 e. The van der Waals surface area contributed by atoms with Crippen LogP contribution in [0.15, 0.2) is 24.3 Å². The normalized spacial score (nSPS) is 11.6. The molecule has 0 spiro atoms. The lowest BCUT2D eigenvalue weighted by atomic mass is 10.2. The standard InChI is InChI=1S/C9H10ClN5O2S/c10-8-4-2-1-3-7(8)6-18(16,17)11-5-9-12-14-15-13-9/h1-4,11H,5-6H2,(H,12,13,14,15). The summed E-state index contributed by atoms with van der Waals surface area (Å²) in [5, 5.41) is 13.3. The average molecular weight is 288 g/mol. The van der Waals surface area contributed by atoms with Crippen molar-refractivity contribution in [2.45, 2.75) is 12.3 Å². The van der Waals surface area contributed by atoms with Crippen molar-refractivity contribution in [3.05, 3.63) is 40.7 Å². The highest BCUT2D eigenvalue weighted by atomic mass is 35.5. The van der Waals surface area contributed by atoms with Crippen molar-refractivity contribution in [1.29, 1.82) is 0 Å². The molecule has 1 aromatic heterocycles. The van der Waals surface area contributed by atoms with Crippen LogP contribution in [-0.4, -0.2) is 29.0 Å². The van der Waals surface area contributed by atoms with E-state index in [-0.39, 0.29) is 18.1 Å². The fourth-order valence-electron chi connectivity index (χ4n) is 1.30. The number of H-pyrrole nitrogens is 1. The Balaban J connectivity index is 2.02. The molecule has 0 saturated carbocycles. The molecular weight excluding hydrogens is 278 g/mol. The zero-order chi connectivity index (χ0) is 13.0. The minimum absolute atomic E-state index is 0.0106. The quantitative estimate of drug-likeness (QED) is 0.833. The van der Waals surface area contributed by atoms with E-state index in [0.29, 0.717) is 10.6 Å². The van der Waals surface area contributed by atoms with Crippen LogP contribution < -0.4 is 4.72 Å². The lowest BCUT2D eigenvalue weighted by Gasteiger charge is -2.06. The van der Waals surface area contributed by atoms with Crippen LogP contribution in [0.3, 0.4) is 0 Å². The Morgan fingerprint density at radius 2 is 2.11 bits per heavy atom. The van der Waals surface area contributed by atoms with Crippen molar-refractivity contribution in [3.8, 4) is 0 Å². The van der Waals surface area contributed by atoms with E-state index in [2.05, 4.69) is 25.3 Å². The molecular formula is C9H10ClN5O2S. The first-order valence-electron chi connectivity index (χ1n) is 5.00. The van der Waals surface area contributed by atoms with Crippen LogP contribution in [0.4, 0.5) is 0 Å². The molecule has 0 atom stereocenters. The van der Waals surface area contributed by atoms with E-state index < -0.39 is 10.0 Å². The van der Waals surface area contributed by atoms with Crippen molar-refractivity contribution < 1.29 is 8.42 Å². The second-order valence-corrected chi connectivity index (χ2v) is 5.71. The molecule has 0 bridgehead atoms. The molecule has 96 valence electrons. The molecule has 0 amide bonds. The number of hydrogen-bond acceptors (Lipinski definition) is 5. The summed E-state index contributed by atoms with van der Waals surface area (Å²) in [5.41, 5.74) is 0.541. The van der Waals surface area contributed by atoms with E-state index in [9.17, 15) is 8.42 Å². The maximum atomic E-state index is 11.8. The summed E-state index contributed by atoms with van der Waals surface area (Å²) in [6.07, 6.45) is 0. The van der Waals surface area contributed by atoms with Gasteiger partial charge in [0.25, 0.3) is 0 Å². The SMILES string of the molecule is O=S(=O)(Cc1ccccc1Cl)NCc1nn[nH]n1. The Hall–Kier alpha value is -1.51. The number of benzene rings is 1. The fraction of sp³-hybridized carbons (Fsp3) is 0.222. The molecule has 18 heavy (non-hydrogen) atoms. The molecule has 7 nitrogen and oxygen atoms in total. The molecule has 0 aliphatic heterocycles. The second kappa shape index (κ2) is 5.42. The van der Waals surface area contributed by atoms with Gasteiger partial charge in [-0.1, -0.05) is 35.0 Å². The van der Waals surface area contributed by atoms with Gasteiger partial charge in [0.2, 0.25) is 10.0 Å².